The van der Waals surface area contributed by atoms with E-state index in [2.05, 4.69) is 25.5 Å². The number of H-pyrrole nitrogens is 1. The number of aryl methyl sites for hydroxylation is 1. The molecule has 2 aromatic heterocycles. The highest BCUT2D eigenvalue weighted by Gasteiger charge is 2.07. The van der Waals surface area contributed by atoms with Gasteiger partial charge in [0.1, 0.15) is 5.69 Å². The Hall–Kier alpha value is -2.83. The molecule has 2 rings (SSSR count). The Bertz CT molecular complexity index is 663. The second-order valence-electron chi connectivity index (χ2n) is 3.71. The lowest BCUT2D eigenvalue weighted by Crippen LogP contribution is -2.24. The summed E-state index contributed by atoms with van der Waals surface area (Å²) in [5, 5.41) is 3.74. The van der Waals surface area contributed by atoms with Gasteiger partial charge in [0.25, 0.3) is 5.91 Å². The van der Waals surface area contributed by atoms with Gasteiger partial charge in [-0.05, 0) is 25.1 Å². The van der Waals surface area contributed by atoms with Crippen LogP contribution in [0.15, 0.2) is 40.4 Å². The molecule has 2 heterocycles. The average Bonchev–Trinajstić information content (AvgIpc) is 2.38. The Morgan fingerprint density at radius 1 is 1.47 bits per heavy atom. The van der Waals surface area contributed by atoms with Gasteiger partial charge in [0.05, 0.1) is 11.9 Å². The fourth-order valence-electron chi connectivity index (χ4n) is 1.36. The Kier molecular flexibility index (Phi) is 3.77. The van der Waals surface area contributed by atoms with Crippen molar-refractivity contribution in [2.45, 2.75) is 6.92 Å². The van der Waals surface area contributed by atoms with E-state index in [4.69, 9.17) is 0 Å². The van der Waals surface area contributed by atoms with Crippen LogP contribution < -0.4 is 11.1 Å². The van der Waals surface area contributed by atoms with Crippen molar-refractivity contribution < 1.29 is 4.79 Å². The van der Waals surface area contributed by atoms with E-state index >= 15 is 0 Å². The highest BCUT2D eigenvalue weighted by atomic mass is 16.2. The second kappa shape index (κ2) is 5.67. The number of aromatic nitrogens is 3. The maximum Gasteiger partial charge on any atom is 0.345 e. The number of pyridine rings is 1. The van der Waals surface area contributed by atoms with Gasteiger partial charge < -0.3 is 4.98 Å². The van der Waals surface area contributed by atoms with Gasteiger partial charge in [-0.1, -0.05) is 6.07 Å². The monoisotopic (exact) mass is 257 g/mol. The van der Waals surface area contributed by atoms with E-state index in [9.17, 15) is 9.59 Å². The molecule has 0 saturated carbocycles. The molecular formula is C12H11N5O2. The number of carbonyl (C=O) groups is 1. The van der Waals surface area contributed by atoms with Gasteiger partial charge >= 0.3 is 5.69 Å². The van der Waals surface area contributed by atoms with E-state index in [1.54, 1.807) is 31.3 Å². The molecule has 7 heteroatoms. The highest BCUT2D eigenvalue weighted by Crippen LogP contribution is 1.94. The van der Waals surface area contributed by atoms with Gasteiger partial charge in [-0.2, -0.15) is 10.1 Å². The summed E-state index contributed by atoms with van der Waals surface area (Å²) in [6, 6.07) is 6.79. The van der Waals surface area contributed by atoms with Crippen molar-refractivity contribution >= 4 is 12.1 Å². The summed E-state index contributed by atoms with van der Waals surface area (Å²) >= 11 is 0. The van der Waals surface area contributed by atoms with Crippen LogP contribution in [0.4, 0.5) is 0 Å². The number of amides is 1. The molecule has 0 fully saturated rings. The fourth-order valence-corrected chi connectivity index (χ4v) is 1.36. The topological polar surface area (TPSA) is 100 Å². The Labute approximate surface area is 108 Å². The number of hydrazone groups is 1. The van der Waals surface area contributed by atoms with Crippen molar-refractivity contribution in [3.8, 4) is 0 Å². The number of nitrogens with zero attached hydrogens (tertiary/aromatic N) is 3. The molecule has 0 atom stereocenters. The summed E-state index contributed by atoms with van der Waals surface area (Å²) < 4.78 is 0. The van der Waals surface area contributed by atoms with E-state index in [0.717, 1.165) is 0 Å². The smallest absolute Gasteiger partial charge is 0.310 e. The summed E-state index contributed by atoms with van der Waals surface area (Å²) in [6.07, 6.45) is 3.02. The predicted molar refractivity (Wildman–Crippen MR) is 68.9 cm³/mol. The van der Waals surface area contributed by atoms with E-state index in [1.165, 1.54) is 12.3 Å². The minimum absolute atomic E-state index is 0.0134. The van der Waals surface area contributed by atoms with E-state index < -0.39 is 11.6 Å². The standard InChI is InChI=1S/C12H11N5O2/c1-8-6-10(16-12(19)15-8)11(18)17-14-7-9-4-2-3-5-13-9/h2-7H,1H3,(H,17,18)(H,15,16,19)/b14-7+. The normalized spacial score (nSPS) is 10.6. The number of rotatable bonds is 3. The third-order valence-electron chi connectivity index (χ3n) is 2.16. The Morgan fingerprint density at radius 2 is 2.32 bits per heavy atom. The number of carbonyl (C=O) groups excluding carboxylic acids is 1. The van der Waals surface area contributed by atoms with Crippen molar-refractivity contribution in [1.29, 1.82) is 0 Å². The minimum Gasteiger partial charge on any atom is -0.310 e. The van der Waals surface area contributed by atoms with Crippen molar-refractivity contribution in [3.63, 3.8) is 0 Å². The molecule has 7 nitrogen and oxygen atoms in total. The van der Waals surface area contributed by atoms with Crippen LogP contribution in [-0.4, -0.2) is 27.1 Å². The van der Waals surface area contributed by atoms with Crippen LogP contribution in [0.2, 0.25) is 0 Å². The first-order valence-electron chi connectivity index (χ1n) is 5.47. The lowest BCUT2D eigenvalue weighted by molar-refractivity contribution is 0.0949. The zero-order valence-corrected chi connectivity index (χ0v) is 10.1. The molecule has 0 aromatic carbocycles. The summed E-state index contributed by atoms with van der Waals surface area (Å²) in [4.78, 5) is 32.8. The van der Waals surface area contributed by atoms with Crippen molar-refractivity contribution in [2.75, 3.05) is 0 Å². The molecule has 2 aromatic rings. The molecule has 0 unspecified atom stereocenters. The first-order chi connectivity index (χ1) is 9.15. The van der Waals surface area contributed by atoms with Crippen LogP contribution in [0.5, 0.6) is 0 Å². The van der Waals surface area contributed by atoms with Crippen molar-refractivity contribution in [3.05, 3.63) is 58.0 Å². The van der Waals surface area contributed by atoms with Gasteiger partial charge in [0.15, 0.2) is 0 Å². The van der Waals surface area contributed by atoms with Crippen LogP contribution in [0, 0.1) is 6.92 Å². The molecule has 0 aliphatic carbocycles. The van der Waals surface area contributed by atoms with E-state index in [0.29, 0.717) is 11.4 Å². The van der Waals surface area contributed by atoms with Crippen LogP contribution in [0.25, 0.3) is 0 Å². The highest BCUT2D eigenvalue weighted by molar-refractivity contribution is 5.92. The number of aromatic amines is 1. The number of hydrogen-bond donors (Lipinski definition) is 2. The van der Waals surface area contributed by atoms with Crippen LogP contribution in [0.3, 0.4) is 0 Å². The molecule has 0 radical (unpaired) electrons. The first kappa shape index (κ1) is 12.6. The molecule has 19 heavy (non-hydrogen) atoms. The first-order valence-corrected chi connectivity index (χ1v) is 5.47. The Morgan fingerprint density at radius 3 is 3.00 bits per heavy atom. The second-order valence-corrected chi connectivity index (χ2v) is 3.71. The molecule has 0 aliphatic rings. The zero-order chi connectivity index (χ0) is 13.7. The van der Waals surface area contributed by atoms with Gasteiger partial charge in [-0.15, -0.1) is 0 Å². The SMILES string of the molecule is Cc1cc(C(=O)N/N=C/c2ccccn2)nc(=O)[nH]1. The summed E-state index contributed by atoms with van der Waals surface area (Å²) in [7, 11) is 0. The molecular weight excluding hydrogens is 246 g/mol. The van der Waals surface area contributed by atoms with Gasteiger partial charge in [-0.3, -0.25) is 9.78 Å². The molecule has 0 spiro atoms. The van der Waals surface area contributed by atoms with Crippen molar-refractivity contribution in [1.82, 2.24) is 20.4 Å². The summed E-state index contributed by atoms with van der Waals surface area (Å²) in [6.45, 7) is 1.66. The maximum atomic E-state index is 11.7. The fraction of sp³-hybridized carbons (Fsp3) is 0.0833. The summed E-state index contributed by atoms with van der Waals surface area (Å²) in [5.41, 5.74) is 2.88. The molecule has 0 saturated heterocycles. The van der Waals surface area contributed by atoms with Gasteiger partial charge in [0, 0.05) is 11.9 Å². The molecule has 0 bridgehead atoms. The number of nitrogens with one attached hydrogen (secondary N) is 2. The summed E-state index contributed by atoms with van der Waals surface area (Å²) in [5.74, 6) is -0.554. The number of hydrogen-bond acceptors (Lipinski definition) is 5. The molecule has 1 amide bonds. The van der Waals surface area contributed by atoms with Crippen molar-refractivity contribution in [2.24, 2.45) is 5.10 Å². The quantitative estimate of drug-likeness (QED) is 0.607. The largest absolute Gasteiger partial charge is 0.345 e. The van der Waals surface area contributed by atoms with E-state index in [1.807, 2.05) is 0 Å². The zero-order valence-electron chi connectivity index (χ0n) is 10.1. The third-order valence-corrected chi connectivity index (χ3v) is 2.16. The molecule has 2 N–H and O–H groups in total. The predicted octanol–water partition coefficient (Wildman–Crippen LogP) is 0.237. The minimum atomic E-state index is -0.571. The Balaban J connectivity index is 2.06. The lowest BCUT2D eigenvalue weighted by Gasteiger charge is -1.99. The average molecular weight is 257 g/mol. The maximum absolute atomic E-state index is 11.7. The third kappa shape index (κ3) is 3.56. The molecule has 0 aliphatic heterocycles. The van der Waals surface area contributed by atoms with E-state index in [-0.39, 0.29) is 5.69 Å². The van der Waals surface area contributed by atoms with Gasteiger partial charge in [0.2, 0.25) is 0 Å². The molecule has 96 valence electrons. The van der Waals surface area contributed by atoms with Crippen LogP contribution in [0.1, 0.15) is 21.9 Å². The van der Waals surface area contributed by atoms with Gasteiger partial charge in [-0.25, -0.2) is 10.2 Å². The van der Waals surface area contributed by atoms with Crippen LogP contribution >= 0.6 is 0 Å². The van der Waals surface area contributed by atoms with Crippen LogP contribution in [-0.2, 0) is 0 Å². The lowest BCUT2D eigenvalue weighted by atomic mass is 10.3.